The Morgan fingerprint density at radius 1 is 1.55 bits per heavy atom. The number of nitrogens with one attached hydrogen (secondary N) is 1. The van der Waals surface area contributed by atoms with Crippen LogP contribution < -0.4 is 5.32 Å². The second-order valence-electron chi connectivity index (χ2n) is 5.44. The van der Waals surface area contributed by atoms with Crippen LogP contribution in [0.3, 0.4) is 0 Å². The van der Waals surface area contributed by atoms with Crippen LogP contribution in [-0.4, -0.2) is 41.1 Å². The quantitative estimate of drug-likeness (QED) is 0.889. The van der Waals surface area contributed by atoms with Crippen LogP contribution in [0.15, 0.2) is 18.2 Å². The van der Waals surface area contributed by atoms with Crippen LogP contribution >= 0.6 is 0 Å². The Kier molecular flexibility index (Phi) is 4.73. The number of aliphatic hydroxyl groups is 1. The van der Waals surface area contributed by atoms with E-state index in [2.05, 4.69) is 5.32 Å². The van der Waals surface area contributed by atoms with E-state index in [0.717, 1.165) is 24.9 Å². The largest absolute Gasteiger partial charge is 0.392 e. The number of aryl methyl sites for hydroxylation is 1. The predicted octanol–water partition coefficient (Wildman–Crippen LogP) is 1.92. The summed E-state index contributed by atoms with van der Waals surface area (Å²) >= 11 is 0. The number of anilines is 1. The molecule has 1 aliphatic rings. The van der Waals surface area contributed by atoms with Crippen molar-refractivity contribution in [2.75, 3.05) is 18.4 Å². The van der Waals surface area contributed by atoms with E-state index in [-0.39, 0.29) is 23.7 Å². The standard InChI is InChI=1S/C15H21FN2O2/c1-10-5-6-14(13(16)8-10)17-15(20)11(2)18-7-3-4-12(19)9-18/h5-6,8,11-12,19H,3-4,7,9H2,1-2H3,(H,17,20). The van der Waals surface area contributed by atoms with Crippen LogP contribution in [0.5, 0.6) is 0 Å². The number of aliphatic hydroxyl groups excluding tert-OH is 1. The summed E-state index contributed by atoms with van der Waals surface area (Å²) in [5, 5.41) is 12.3. The number of benzene rings is 1. The van der Waals surface area contributed by atoms with Gasteiger partial charge in [-0.25, -0.2) is 4.39 Å². The number of likely N-dealkylation sites (tertiary alicyclic amines) is 1. The number of rotatable bonds is 3. The van der Waals surface area contributed by atoms with Crippen molar-refractivity contribution >= 4 is 11.6 Å². The summed E-state index contributed by atoms with van der Waals surface area (Å²) in [5.74, 6) is -0.675. The molecule has 2 N–H and O–H groups in total. The van der Waals surface area contributed by atoms with E-state index < -0.39 is 5.82 Å². The van der Waals surface area contributed by atoms with E-state index in [1.807, 2.05) is 4.90 Å². The van der Waals surface area contributed by atoms with E-state index >= 15 is 0 Å². The molecule has 0 bridgehead atoms. The molecule has 1 aromatic rings. The Hall–Kier alpha value is -1.46. The van der Waals surface area contributed by atoms with Gasteiger partial charge >= 0.3 is 0 Å². The van der Waals surface area contributed by atoms with Crippen molar-refractivity contribution in [1.29, 1.82) is 0 Å². The third-order valence-corrected chi connectivity index (χ3v) is 3.74. The molecule has 1 aromatic carbocycles. The first-order chi connectivity index (χ1) is 9.47. The lowest BCUT2D eigenvalue weighted by Gasteiger charge is -2.33. The van der Waals surface area contributed by atoms with Crippen LogP contribution in [-0.2, 0) is 4.79 Å². The van der Waals surface area contributed by atoms with Crippen LogP contribution in [0.25, 0.3) is 0 Å². The molecule has 1 aliphatic heterocycles. The fraction of sp³-hybridized carbons (Fsp3) is 0.533. The first kappa shape index (κ1) is 14.9. The number of piperidine rings is 1. The monoisotopic (exact) mass is 280 g/mol. The maximum absolute atomic E-state index is 13.7. The Morgan fingerprint density at radius 3 is 2.95 bits per heavy atom. The topological polar surface area (TPSA) is 52.6 Å². The van der Waals surface area contributed by atoms with Crippen molar-refractivity contribution in [2.45, 2.75) is 38.8 Å². The Morgan fingerprint density at radius 2 is 2.30 bits per heavy atom. The summed E-state index contributed by atoms with van der Waals surface area (Å²) < 4.78 is 13.7. The van der Waals surface area contributed by atoms with Crippen molar-refractivity contribution in [2.24, 2.45) is 0 Å². The molecule has 1 heterocycles. The van der Waals surface area contributed by atoms with Crippen molar-refractivity contribution in [3.63, 3.8) is 0 Å². The summed E-state index contributed by atoms with van der Waals surface area (Å²) in [7, 11) is 0. The summed E-state index contributed by atoms with van der Waals surface area (Å²) in [4.78, 5) is 14.1. The first-order valence-electron chi connectivity index (χ1n) is 6.96. The van der Waals surface area contributed by atoms with Gasteiger partial charge < -0.3 is 10.4 Å². The van der Waals surface area contributed by atoms with Gasteiger partial charge in [-0.2, -0.15) is 0 Å². The van der Waals surface area contributed by atoms with Gasteiger partial charge in [0, 0.05) is 6.54 Å². The van der Waals surface area contributed by atoms with Crippen LogP contribution in [0, 0.1) is 12.7 Å². The SMILES string of the molecule is Cc1ccc(NC(=O)C(C)N2CCCC(O)C2)c(F)c1. The van der Waals surface area contributed by atoms with Crippen molar-refractivity contribution in [1.82, 2.24) is 4.90 Å². The van der Waals surface area contributed by atoms with Gasteiger partial charge in [0.25, 0.3) is 0 Å². The number of halogens is 1. The van der Waals surface area contributed by atoms with E-state index in [4.69, 9.17) is 0 Å². The molecule has 4 nitrogen and oxygen atoms in total. The molecular weight excluding hydrogens is 259 g/mol. The lowest BCUT2D eigenvalue weighted by Crippen LogP contribution is -2.48. The molecule has 2 unspecified atom stereocenters. The second-order valence-corrected chi connectivity index (χ2v) is 5.44. The number of hydrogen-bond acceptors (Lipinski definition) is 3. The highest BCUT2D eigenvalue weighted by atomic mass is 19.1. The smallest absolute Gasteiger partial charge is 0.241 e. The zero-order chi connectivity index (χ0) is 14.7. The van der Waals surface area contributed by atoms with E-state index in [0.29, 0.717) is 6.54 Å². The lowest BCUT2D eigenvalue weighted by atomic mass is 10.1. The summed E-state index contributed by atoms with van der Waals surface area (Å²) in [6.45, 7) is 4.85. The number of amides is 1. The summed E-state index contributed by atoms with van der Waals surface area (Å²) in [5.41, 5.74) is 1.01. The zero-order valence-electron chi connectivity index (χ0n) is 11.9. The molecule has 5 heteroatoms. The summed E-state index contributed by atoms with van der Waals surface area (Å²) in [6.07, 6.45) is 1.27. The van der Waals surface area contributed by atoms with Gasteiger partial charge in [-0.15, -0.1) is 0 Å². The van der Waals surface area contributed by atoms with Crippen molar-refractivity contribution in [3.8, 4) is 0 Å². The van der Waals surface area contributed by atoms with Gasteiger partial charge in [0.1, 0.15) is 5.82 Å². The third kappa shape index (κ3) is 3.55. The first-order valence-corrected chi connectivity index (χ1v) is 6.96. The molecule has 2 rings (SSSR count). The molecule has 0 aliphatic carbocycles. The molecule has 110 valence electrons. The lowest BCUT2D eigenvalue weighted by molar-refractivity contribution is -0.121. The fourth-order valence-electron chi connectivity index (χ4n) is 2.46. The Balaban J connectivity index is 2.00. The maximum Gasteiger partial charge on any atom is 0.241 e. The van der Waals surface area contributed by atoms with Gasteiger partial charge in [-0.3, -0.25) is 9.69 Å². The maximum atomic E-state index is 13.7. The number of carbonyl (C=O) groups is 1. The Labute approximate surface area is 118 Å². The van der Waals surface area contributed by atoms with E-state index in [9.17, 15) is 14.3 Å². The second kappa shape index (κ2) is 6.33. The predicted molar refractivity (Wildman–Crippen MR) is 76.0 cm³/mol. The molecule has 1 saturated heterocycles. The minimum Gasteiger partial charge on any atom is -0.392 e. The third-order valence-electron chi connectivity index (χ3n) is 3.74. The molecule has 0 aromatic heterocycles. The van der Waals surface area contributed by atoms with Crippen molar-refractivity contribution in [3.05, 3.63) is 29.6 Å². The highest BCUT2D eigenvalue weighted by Crippen LogP contribution is 2.18. The normalized spacial score (nSPS) is 21.5. The van der Waals surface area contributed by atoms with Crippen LogP contribution in [0.1, 0.15) is 25.3 Å². The minimum atomic E-state index is -0.427. The average Bonchev–Trinajstić information content (AvgIpc) is 2.41. The molecule has 0 saturated carbocycles. The summed E-state index contributed by atoms with van der Waals surface area (Å²) in [6, 6.07) is 4.34. The van der Waals surface area contributed by atoms with Gasteiger partial charge in [0.05, 0.1) is 17.8 Å². The van der Waals surface area contributed by atoms with Crippen molar-refractivity contribution < 1.29 is 14.3 Å². The molecule has 0 radical (unpaired) electrons. The number of carbonyl (C=O) groups excluding carboxylic acids is 1. The number of β-amino-alcohol motifs (C(OH)–C–C–N with tert-alkyl or cyclic N) is 1. The molecule has 1 amide bonds. The average molecular weight is 280 g/mol. The van der Waals surface area contributed by atoms with E-state index in [1.54, 1.807) is 26.0 Å². The van der Waals surface area contributed by atoms with Gasteiger partial charge in [0.2, 0.25) is 5.91 Å². The minimum absolute atomic E-state index is 0.199. The highest BCUT2D eigenvalue weighted by Gasteiger charge is 2.26. The molecule has 1 fully saturated rings. The zero-order valence-corrected chi connectivity index (χ0v) is 11.9. The van der Waals surface area contributed by atoms with Gasteiger partial charge in [-0.1, -0.05) is 6.07 Å². The molecular formula is C15H21FN2O2. The van der Waals surface area contributed by atoms with Crippen LogP contribution in [0.2, 0.25) is 0 Å². The molecule has 20 heavy (non-hydrogen) atoms. The van der Waals surface area contributed by atoms with E-state index in [1.165, 1.54) is 6.07 Å². The number of nitrogens with zero attached hydrogens (tertiary/aromatic N) is 1. The highest BCUT2D eigenvalue weighted by molar-refractivity contribution is 5.94. The molecule has 0 spiro atoms. The molecule has 2 atom stereocenters. The number of hydrogen-bond donors (Lipinski definition) is 2. The Bertz CT molecular complexity index is 493. The van der Waals surface area contributed by atoms with Gasteiger partial charge in [0.15, 0.2) is 0 Å². The van der Waals surface area contributed by atoms with Gasteiger partial charge in [-0.05, 0) is 50.9 Å². The fourth-order valence-corrected chi connectivity index (χ4v) is 2.46. The van der Waals surface area contributed by atoms with Crippen LogP contribution in [0.4, 0.5) is 10.1 Å².